The zero-order chi connectivity index (χ0) is 9.53. The van der Waals surface area contributed by atoms with Gasteiger partial charge in [0, 0.05) is 18.6 Å². The van der Waals surface area contributed by atoms with Crippen molar-refractivity contribution in [3.05, 3.63) is 0 Å². The summed E-state index contributed by atoms with van der Waals surface area (Å²) in [7, 11) is 0. The van der Waals surface area contributed by atoms with Crippen molar-refractivity contribution in [1.82, 2.24) is 4.90 Å². The van der Waals surface area contributed by atoms with Crippen LogP contribution in [0.1, 0.15) is 39.5 Å². The Bertz CT molecular complexity index is 192. The second kappa shape index (κ2) is 2.96. The van der Waals surface area contributed by atoms with Gasteiger partial charge in [0.25, 0.3) is 0 Å². The van der Waals surface area contributed by atoms with E-state index < -0.39 is 0 Å². The summed E-state index contributed by atoms with van der Waals surface area (Å²) >= 11 is 0. The van der Waals surface area contributed by atoms with E-state index in [1.54, 1.807) is 0 Å². The van der Waals surface area contributed by atoms with Gasteiger partial charge >= 0.3 is 0 Å². The van der Waals surface area contributed by atoms with E-state index in [-0.39, 0.29) is 0 Å². The minimum Gasteiger partial charge on any atom is -0.329 e. The Morgan fingerprint density at radius 2 is 2.00 bits per heavy atom. The van der Waals surface area contributed by atoms with Crippen LogP contribution in [0.3, 0.4) is 0 Å². The van der Waals surface area contributed by atoms with E-state index in [1.165, 1.54) is 38.8 Å². The van der Waals surface area contributed by atoms with Gasteiger partial charge in [0.1, 0.15) is 0 Å². The van der Waals surface area contributed by atoms with Gasteiger partial charge in [0.2, 0.25) is 0 Å². The largest absolute Gasteiger partial charge is 0.329 e. The Hall–Kier alpha value is -0.0800. The quantitative estimate of drug-likeness (QED) is 0.718. The molecule has 1 spiro atoms. The first-order valence-electron chi connectivity index (χ1n) is 5.65. The maximum Gasteiger partial charge on any atom is 0.0335 e. The topological polar surface area (TPSA) is 29.3 Å². The van der Waals surface area contributed by atoms with E-state index in [9.17, 15) is 0 Å². The molecule has 0 radical (unpaired) electrons. The van der Waals surface area contributed by atoms with E-state index in [4.69, 9.17) is 5.73 Å². The highest BCUT2D eigenvalue weighted by molar-refractivity contribution is 5.11. The number of nitrogens with two attached hydrogens (primary N) is 1. The molecule has 1 saturated heterocycles. The molecule has 1 heterocycles. The lowest BCUT2D eigenvalue weighted by molar-refractivity contribution is 0.147. The standard InChI is InChI=1S/C11H22N2/c1-3-11(8-12)7-10(5-6-10)9-13(11)4-2/h3-9,12H2,1-2H3. The summed E-state index contributed by atoms with van der Waals surface area (Å²) in [5.41, 5.74) is 7.00. The van der Waals surface area contributed by atoms with E-state index in [2.05, 4.69) is 18.7 Å². The summed E-state index contributed by atoms with van der Waals surface area (Å²) in [6.07, 6.45) is 5.48. The van der Waals surface area contributed by atoms with Gasteiger partial charge in [-0.1, -0.05) is 13.8 Å². The monoisotopic (exact) mass is 182 g/mol. The highest BCUT2D eigenvalue weighted by Crippen LogP contribution is 2.58. The third kappa shape index (κ3) is 1.31. The van der Waals surface area contributed by atoms with Crippen molar-refractivity contribution in [2.45, 2.75) is 45.1 Å². The summed E-state index contributed by atoms with van der Waals surface area (Å²) in [4.78, 5) is 2.62. The highest BCUT2D eigenvalue weighted by Gasteiger charge is 2.56. The Morgan fingerprint density at radius 3 is 2.31 bits per heavy atom. The average molecular weight is 182 g/mol. The molecular formula is C11H22N2. The number of hydrogen-bond donors (Lipinski definition) is 1. The first kappa shape index (κ1) is 9.47. The van der Waals surface area contributed by atoms with Gasteiger partial charge < -0.3 is 5.73 Å². The van der Waals surface area contributed by atoms with Gasteiger partial charge in [-0.05, 0) is 37.6 Å². The molecular weight excluding hydrogens is 160 g/mol. The molecule has 1 aliphatic heterocycles. The highest BCUT2D eigenvalue weighted by atomic mass is 15.2. The van der Waals surface area contributed by atoms with Gasteiger partial charge in [-0.25, -0.2) is 0 Å². The molecule has 0 aromatic rings. The fraction of sp³-hybridized carbons (Fsp3) is 1.00. The van der Waals surface area contributed by atoms with Crippen molar-refractivity contribution in [3.8, 4) is 0 Å². The molecule has 2 fully saturated rings. The second-order valence-corrected chi connectivity index (χ2v) is 4.97. The van der Waals surface area contributed by atoms with Crippen molar-refractivity contribution in [1.29, 1.82) is 0 Å². The van der Waals surface area contributed by atoms with Gasteiger partial charge in [0.15, 0.2) is 0 Å². The van der Waals surface area contributed by atoms with Crippen molar-refractivity contribution in [3.63, 3.8) is 0 Å². The lowest BCUT2D eigenvalue weighted by Gasteiger charge is -2.36. The summed E-state index contributed by atoms with van der Waals surface area (Å²) < 4.78 is 0. The number of rotatable bonds is 3. The molecule has 2 rings (SSSR count). The van der Waals surface area contributed by atoms with Crippen LogP contribution in [0.15, 0.2) is 0 Å². The summed E-state index contributed by atoms with van der Waals surface area (Å²) in [6.45, 7) is 7.89. The lowest BCUT2D eigenvalue weighted by Crippen LogP contribution is -2.48. The Morgan fingerprint density at radius 1 is 1.31 bits per heavy atom. The van der Waals surface area contributed by atoms with Crippen LogP contribution in [-0.4, -0.2) is 30.1 Å². The molecule has 0 aromatic heterocycles. The van der Waals surface area contributed by atoms with E-state index >= 15 is 0 Å². The van der Waals surface area contributed by atoms with Crippen molar-refractivity contribution >= 4 is 0 Å². The third-order valence-corrected chi connectivity index (χ3v) is 4.28. The number of likely N-dealkylation sites (N-methyl/N-ethyl adjacent to an activating group) is 1. The Kier molecular flexibility index (Phi) is 2.16. The molecule has 76 valence electrons. The predicted octanol–water partition coefficient (Wildman–Crippen LogP) is 1.60. The Labute approximate surface area is 81.5 Å². The molecule has 1 saturated carbocycles. The lowest BCUT2D eigenvalue weighted by atomic mass is 9.88. The first-order valence-corrected chi connectivity index (χ1v) is 5.65. The Balaban J connectivity index is 2.16. The van der Waals surface area contributed by atoms with Crippen LogP contribution in [0, 0.1) is 5.41 Å². The molecule has 2 nitrogen and oxygen atoms in total. The number of likely N-dealkylation sites (tertiary alicyclic amines) is 1. The maximum absolute atomic E-state index is 5.95. The third-order valence-electron chi connectivity index (χ3n) is 4.28. The van der Waals surface area contributed by atoms with Crippen LogP contribution in [0.25, 0.3) is 0 Å². The minimum atomic E-state index is 0.352. The predicted molar refractivity (Wildman–Crippen MR) is 55.6 cm³/mol. The van der Waals surface area contributed by atoms with Crippen LogP contribution in [-0.2, 0) is 0 Å². The molecule has 1 unspecified atom stereocenters. The molecule has 1 aliphatic carbocycles. The molecule has 13 heavy (non-hydrogen) atoms. The van der Waals surface area contributed by atoms with E-state index in [0.29, 0.717) is 11.0 Å². The zero-order valence-electron chi connectivity index (χ0n) is 8.97. The second-order valence-electron chi connectivity index (χ2n) is 4.97. The van der Waals surface area contributed by atoms with Crippen LogP contribution in [0.5, 0.6) is 0 Å². The number of hydrogen-bond acceptors (Lipinski definition) is 2. The van der Waals surface area contributed by atoms with Crippen molar-refractivity contribution in [2.24, 2.45) is 11.1 Å². The molecule has 1 atom stereocenters. The smallest absolute Gasteiger partial charge is 0.0335 e. The van der Waals surface area contributed by atoms with Crippen LogP contribution < -0.4 is 5.73 Å². The van der Waals surface area contributed by atoms with E-state index in [1.807, 2.05) is 0 Å². The van der Waals surface area contributed by atoms with E-state index in [0.717, 1.165) is 6.54 Å². The average Bonchev–Trinajstić information content (AvgIpc) is 2.81. The molecule has 2 aliphatic rings. The maximum atomic E-state index is 5.95. The normalized spacial score (nSPS) is 37.2. The minimum absolute atomic E-state index is 0.352. The van der Waals surface area contributed by atoms with Crippen LogP contribution in [0.4, 0.5) is 0 Å². The van der Waals surface area contributed by atoms with Gasteiger partial charge in [0.05, 0.1) is 0 Å². The summed E-state index contributed by atoms with van der Waals surface area (Å²) in [5.74, 6) is 0. The van der Waals surface area contributed by atoms with Crippen molar-refractivity contribution < 1.29 is 0 Å². The fourth-order valence-electron chi connectivity index (χ4n) is 3.09. The van der Waals surface area contributed by atoms with Crippen LogP contribution in [0.2, 0.25) is 0 Å². The zero-order valence-corrected chi connectivity index (χ0v) is 8.97. The summed E-state index contributed by atoms with van der Waals surface area (Å²) in [6, 6.07) is 0. The van der Waals surface area contributed by atoms with Crippen molar-refractivity contribution in [2.75, 3.05) is 19.6 Å². The van der Waals surface area contributed by atoms with Gasteiger partial charge in [-0.15, -0.1) is 0 Å². The molecule has 2 N–H and O–H groups in total. The van der Waals surface area contributed by atoms with Gasteiger partial charge in [-0.2, -0.15) is 0 Å². The first-order chi connectivity index (χ1) is 6.20. The van der Waals surface area contributed by atoms with Crippen LogP contribution >= 0.6 is 0 Å². The molecule has 2 heteroatoms. The number of nitrogens with zero attached hydrogens (tertiary/aromatic N) is 1. The SMILES string of the molecule is CCN1CC2(CC2)CC1(CC)CN. The molecule has 0 aromatic carbocycles. The molecule has 0 bridgehead atoms. The summed E-state index contributed by atoms with van der Waals surface area (Å²) in [5, 5.41) is 0. The molecule has 0 amide bonds. The fourth-order valence-corrected chi connectivity index (χ4v) is 3.09. The van der Waals surface area contributed by atoms with Gasteiger partial charge in [-0.3, -0.25) is 4.90 Å².